The Balaban J connectivity index is 0.00000189. The Bertz CT molecular complexity index is 1690. The van der Waals surface area contributed by atoms with E-state index in [4.69, 9.17) is 0 Å². The molecule has 0 bridgehead atoms. The number of hydrogen-bond donors (Lipinski definition) is 3. The molecule has 0 atom stereocenters. The minimum Gasteiger partial charge on any atom is -0.358 e. The number of benzene rings is 1. The Kier molecular flexibility index (Phi) is 9.30. The third kappa shape index (κ3) is 6.69. The SMILES string of the molecule is C=C/C=C(/c1ccc(F)cc1)c1cc(-c2n[nH]c3cnc(-c4cncc(NC(=C)CC(C)C)c4)cc23)[nH]c1C.CC. The fourth-order valence-corrected chi connectivity index (χ4v) is 4.73. The number of anilines is 1. The minimum atomic E-state index is -0.271. The quantitative estimate of drug-likeness (QED) is 0.160. The van der Waals surface area contributed by atoms with Crippen LogP contribution >= 0.6 is 0 Å². The highest BCUT2D eigenvalue weighted by Gasteiger charge is 2.17. The summed E-state index contributed by atoms with van der Waals surface area (Å²) >= 11 is 0. The molecule has 7 heteroatoms. The summed E-state index contributed by atoms with van der Waals surface area (Å²) in [7, 11) is 0. The molecule has 5 aromatic rings. The number of fused-ring (bicyclic) bond motifs is 1. The number of hydrogen-bond acceptors (Lipinski definition) is 4. The van der Waals surface area contributed by atoms with Crippen molar-refractivity contribution < 1.29 is 4.39 Å². The summed E-state index contributed by atoms with van der Waals surface area (Å²) in [5.74, 6) is 0.244. The third-order valence-corrected chi connectivity index (χ3v) is 6.46. The number of nitrogens with zero attached hydrogens (tertiary/aromatic N) is 3. The van der Waals surface area contributed by atoms with E-state index in [0.29, 0.717) is 5.92 Å². The maximum Gasteiger partial charge on any atom is 0.123 e. The van der Waals surface area contributed by atoms with Crippen molar-refractivity contribution in [3.63, 3.8) is 0 Å². The highest BCUT2D eigenvalue weighted by Crippen LogP contribution is 2.34. The zero-order valence-corrected chi connectivity index (χ0v) is 24.3. The average molecular weight is 549 g/mol. The van der Waals surface area contributed by atoms with E-state index in [0.717, 1.165) is 73.7 Å². The molecule has 4 heterocycles. The number of aromatic nitrogens is 5. The van der Waals surface area contributed by atoms with Gasteiger partial charge in [-0.25, -0.2) is 4.39 Å². The van der Waals surface area contributed by atoms with Gasteiger partial charge in [0.25, 0.3) is 0 Å². The topological polar surface area (TPSA) is 82.3 Å². The molecule has 0 aliphatic rings. The van der Waals surface area contributed by atoms with Gasteiger partial charge in [-0.15, -0.1) is 0 Å². The first kappa shape index (κ1) is 29.2. The van der Waals surface area contributed by atoms with E-state index in [2.05, 4.69) is 63.5 Å². The van der Waals surface area contributed by atoms with Crippen LogP contribution in [-0.2, 0) is 0 Å². The Morgan fingerprint density at radius 3 is 2.54 bits per heavy atom. The van der Waals surface area contributed by atoms with Crippen LogP contribution < -0.4 is 5.32 Å². The van der Waals surface area contributed by atoms with Gasteiger partial charge in [-0.1, -0.05) is 65.1 Å². The summed E-state index contributed by atoms with van der Waals surface area (Å²) in [5, 5.41) is 12.0. The highest BCUT2D eigenvalue weighted by atomic mass is 19.1. The predicted octanol–water partition coefficient (Wildman–Crippen LogP) is 9.08. The van der Waals surface area contributed by atoms with Gasteiger partial charge in [-0.3, -0.25) is 15.1 Å². The Labute approximate surface area is 241 Å². The lowest BCUT2D eigenvalue weighted by Crippen LogP contribution is -2.02. The predicted molar refractivity (Wildman–Crippen MR) is 169 cm³/mol. The Hall–Kier alpha value is -4.78. The van der Waals surface area contributed by atoms with E-state index in [9.17, 15) is 4.39 Å². The van der Waals surface area contributed by atoms with Crippen molar-refractivity contribution in [1.82, 2.24) is 25.1 Å². The summed E-state index contributed by atoms with van der Waals surface area (Å²) in [6.45, 7) is 18.3. The number of nitrogens with one attached hydrogen (secondary N) is 3. The van der Waals surface area contributed by atoms with Crippen LogP contribution in [0.15, 0.2) is 92.1 Å². The van der Waals surface area contributed by atoms with Crippen molar-refractivity contribution in [3.05, 3.63) is 115 Å². The molecule has 5 rings (SSSR count). The molecule has 0 amide bonds. The largest absolute Gasteiger partial charge is 0.358 e. The number of pyridine rings is 2. The zero-order chi connectivity index (χ0) is 29.5. The van der Waals surface area contributed by atoms with Crippen LogP contribution in [0.1, 0.15) is 50.9 Å². The normalized spacial score (nSPS) is 11.3. The van der Waals surface area contributed by atoms with Crippen LogP contribution in [-0.4, -0.2) is 25.1 Å². The number of rotatable bonds is 9. The Morgan fingerprint density at radius 1 is 1.07 bits per heavy atom. The first-order valence-electron chi connectivity index (χ1n) is 13.9. The lowest BCUT2D eigenvalue weighted by molar-refractivity contribution is 0.627. The van der Waals surface area contributed by atoms with Gasteiger partial charge in [-0.2, -0.15) is 5.10 Å². The van der Waals surface area contributed by atoms with Gasteiger partial charge < -0.3 is 10.3 Å². The smallest absolute Gasteiger partial charge is 0.123 e. The highest BCUT2D eigenvalue weighted by molar-refractivity contribution is 5.95. The molecule has 6 nitrogen and oxygen atoms in total. The van der Waals surface area contributed by atoms with Crippen molar-refractivity contribution in [2.24, 2.45) is 5.92 Å². The van der Waals surface area contributed by atoms with Gasteiger partial charge in [0.1, 0.15) is 11.5 Å². The first-order chi connectivity index (χ1) is 19.8. The average Bonchev–Trinajstić information content (AvgIpc) is 3.56. The molecule has 41 heavy (non-hydrogen) atoms. The van der Waals surface area contributed by atoms with Gasteiger partial charge in [-0.05, 0) is 60.7 Å². The molecular weight excluding hydrogens is 511 g/mol. The number of aryl methyl sites for hydroxylation is 1. The molecule has 210 valence electrons. The van der Waals surface area contributed by atoms with Crippen LogP contribution in [0.4, 0.5) is 10.1 Å². The van der Waals surface area contributed by atoms with Crippen molar-refractivity contribution in [2.75, 3.05) is 5.32 Å². The number of H-pyrrole nitrogens is 2. The van der Waals surface area contributed by atoms with E-state index in [1.165, 1.54) is 12.1 Å². The lowest BCUT2D eigenvalue weighted by Gasteiger charge is -2.12. The maximum atomic E-state index is 13.6. The third-order valence-electron chi connectivity index (χ3n) is 6.46. The summed E-state index contributed by atoms with van der Waals surface area (Å²) in [6.07, 6.45) is 9.93. The van der Waals surface area contributed by atoms with Crippen molar-refractivity contribution in [1.29, 1.82) is 0 Å². The van der Waals surface area contributed by atoms with E-state index in [-0.39, 0.29) is 5.82 Å². The second kappa shape index (κ2) is 13.0. The van der Waals surface area contributed by atoms with Crippen molar-refractivity contribution in [2.45, 2.75) is 41.0 Å². The monoisotopic (exact) mass is 548 g/mol. The molecule has 1 aromatic carbocycles. The minimum absolute atomic E-state index is 0.271. The molecule has 0 radical (unpaired) electrons. The maximum absolute atomic E-state index is 13.6. The second-order valence-electron chi connectivity index (χ2n) is 10.0. The first-order valence-corrected chi connectivity index (χ1v) is 13.9. The molecule has 0 fully saturated rings. The van der Waals surface area contributed by atoms with E-state index in [1.807, 2.05) is 39.0 Å². The van der Waals surface area contributed by atoms with Gasteiger partial charge >= 0.3 is 0 Å². The van der Waals surface area contributed by atoms with Crippen molar-refractivity contribution in [3.8, 4) is 22.6 Å². The van der Waals surface area contributed by atoms with Gasteiger partial charge in [0, 0.05) is 34.1 Å². The van der Waals surface area contributed by atoms with Crippen molar-refractivity contribution >= 4 is 22.2 Å². The summed E-state index contributed by atoms with van der Waals surface area (Å²) in [6, 6.07) is 12.6. The molecule has 0 saturated carbocycles. The van der Waals surface area contributed by atoms with E-state index < -0.39 is 0 Å². The summed E-state index contributed by atoms with van der Waals surface area (Å²) in [5.41, 5.74) is 9.79. The van der Waals surface area contributed by atoms with Gasteiger partial charge in [0.05, 0.1) is 35.0 Å². The van der Waals surface area contributed by atoms with Crippen LogP contribution in [0.25, 0.3) is 39.1 Å². The number of halogens is 1. The lowest BCUT2D eigenvalue weighted by atomic mass is 9.97. The second-order valence-corrected chi connectivity index (χ2v) is 10.0. The summed E-state index contributed by atoms with van der Waals surface area (Å²) < 4.78 is 13.6. The Morgan fingerprint density at radius 2 is 1.83 bits per heavy atom. The fraction of sp³-hybridized carbons (Fsp3) is 0.206. The molecule has 0 spiro atoms. The fourth-order valence-electron chi connectivity index (χ4n) is 4.73. The van der Waals surface area contributed by atoms with Crippen LogP contribution in [0.5, 0.6) is 0 Å². The van der Waals surface area contributed by atoms with Crippen LogP contribution in [0.2, 0.25) is 0 Å². The zero-order valence-electron chi connectivity index (χ0n) is 24.3. The molecule has 0 unspecified atom stereocenters. The molecular formula is C34H37FN6. The molecule has 0 aliphatic heterocycles. The number of allylic oxidation sites excluding steroid dienone is 3. The molecule has 4 aromatic heterocycles. The van der Waals surface area contributed by atoms with E-state index in [1.54, 1.807) is 36.8 Å². The van der Waals surface area contributed by atoms with E-state index >= 15 is 0 Å². The molecule has 0 aliphatic carbocycles. The molecule has 0 saturated heterocycles. The van der Waals surface area contributed by atoms with Crippen LogP contribution in [0.3, 0.4) is 0 Å². The van der Waals surface area contributed by atoms with Crippen LogP contribution in [0, 0.1) is 18.7 Å². The summed E-state index contributed by atoms with van der Waals surface area (Å²) in [4.78, 5) is 12.5. The standard InChI is InChI=1S/C32H31FN6.C2H6/c1-6-7-26(22-8-10-24(33)11-9-22)27-14-30(37-21(27)5)32-28-15-29(35-18-31(28)38-39-32)23-13-25(17-34-16-23)36-20(4)12-19(2)3;1-2/h6-11,13-19,36-37H,1,4,12H2,2-3,5H3,(H,38,39);1-2H3/b26-7-;. The van der Waals surface area contributed by atoms with Gasteiger partial charge in [0.2, 0.25) is 0 Å². The molecule has 3 N–H and O–H groups in total. The van der Waals surface area contributed by atoms with Gasteiger partial charge in [0.15, 0.2) is 0 Å². The number of aromatic amines is 2.